The minimum absolute atomic E-state index is 0.634. The van der Waals surface area contributed by atoms with Crippen molar-refractivity contribution in [3.63, 3.8) is 0 Å². The van der Waals surface area contributed by atoms with Gasteiger partial charge in [0, 0.05) is 5.39 Å². The minimum atomic E-state index is 0.634. The second kappa shape index (κ2) is 5.03. The third-order valence-electron chi connectivity index (χ3n) is 2.51. The molecule has 0 atom stereocenters. The Balaban J connectivity index is 2.30. The first kappa shape index (κ1) is 11.0. The van der Waals surface area contributed by atoms with E-state index in [0.717, 1.165) is 41.7 Å². The molecule has 3 heteroatoms. The van der Waals surface area contributed by atoms with Gasteiger partial charge in [-0.15, -0.1) is 0 Å². The number of fused-ring (bicyclic) bond motifs is 1. The molecule has 1 aromatic heterocycles. The molecule has 0 aliphatic heterocycles. The van der Waals surface area contributed by atoms with Crippen LogP contribution in [0.5, 0.6) is 5.75 Å². The molecule has 16 heavy (non-hydrogen) atoms. The summed E-state index contributed by atoms with van der Waals surface area (Å²) in [5.74, 6) is 0.897. The first-order valence-electron chi connectivity index (χ1n) is 5.68. The summed E-state index contributed by atoms with van der Waals surface area (Å²) in [6, 6.07) is 5.91. The lowest BCUT2D eigenvalue weighted by molar-refractivity contribution is 0.318. The highest BCUT2D eigenvalue weighted by Crippen LogP contribution is 2.26. The van der Waals surface area contributed by atoms with Crippen LogP contribution in [-0.4, -0.2) is 13.2 Å². The normalized spacial score (nSPS) is 10.9. The summed E-state index contributed by atoms with van der Waals surface area (Å²) < 4.78 is 11.0. The molecule has 3 nitrogen and oxygen atoms in total. The maximum absolute atomic E-state index is 5.59. The van der Waals surface area contributed by atoms with Gasteiger partial charge in [-0.05, 0) is 43.1 Å². The van der Waals surface area contributed by atoms with Gasteiger partial charge in [0.15, 0.2) is 0 Å². The standard InChI is InChI=1S/C13H17NO2/c1-2-7-15-11-3-4-13-12(8-11)10(5-6-14)9-16-13/h3-4,8-9H,2,5-7,14H2,1H3. The molecule has 1 aromatic carbocycles. The van der Waals surface area contributed by atoms with Crippen molar-refractivity contribution in [2.24, 2.45) is 5.73 Å². The molecule has 86 valence electrons. The molecule has 2 N–H and O–H groups in total. The number of hydrogen-bond acceptors (Lipinski definition) is 3. The van der Waals surface area contributed by atoms with E-state index in [2.05, 4.69) is 6.92 Å². The van der Waals surface area contributed by atoms with E-state index in [1.807, 2.05) is 18.2 Å². The van der Waals surface area contributed by atoms with Crippen molar-refractivity contribution in [2.45, 2.75) is 19.8 Å². The number of nitrogens with two attached hydrogens (primary N) is 1. The van der Waals surface area contributed by atoms with Crippen LogP contribution < -0.4 is 10.5 Å². The van der Waals surface area contributed by atoms with Crippen LogP contribution in [0.2, 0.25) is 0 Å². The lowest BCUT2D eigenvalue weighted by Crippen LogP contribution is -2.01. The van der Waals surface area contributed by atoms with Crippen molar-refractivity contribution in [1.82, 2.24) is 0 Å². The third kappa shape index (κ3) is 2.19. The molecular weight excluding hydrogens is 202 g/mol. The second-order valence-electron chi connectivity index (χ2n) is 3.81. The predicted molar refractivity (Wildman–Crippen MR) is 64.8 cm³/mol. The first-order valence-corrected chi connectivity index (χ1v) is 5.68. The molecule has 0 unspecified atom stereocenters. The zero-order chi connectivity index (χ0) is 11.4. The van der Waals surface area contributed by atoms with Gasteiger partial charge in [-0.3, -0.25) is 0 Å². The summed E-state index contributed by atoms with van der Waals surface area (Å²) in [5.41, 5.74) is 7.60. The number of furan rings is 1. The van der Waals surface area contributed by atoms with Crippen LogP contribution in [0.25, 0.3) is 11.0 Å². The van der Waals surface area contributed by atoms with Crippen molar-refractivity contribution in [1.29, 1.82) is 0 Å². The van der Waals surface area contributed by atoms with Crippen molar-refractivity contribution in [3.05, 3.63) is 30.0 Å². The largest absolute Gasteiger partial charge is 0.494 e. The third-order valence-corrected chi connectivity index (χ3v) is 2.51. The Labute approximate surface area is 95.2 Å². The molecule has 0 radical (unpaired) electrons. The number of hydrogen-bond donors (Lipinski definition) is 1. The molecule has 0 fully saturated rings. The van der Waals surface area contributed by atoms with E-state index in [1.165, 1.54) is 0 Å². The summed E-state index contributed by atoms with van der Waals surface area (Å²) in [4.78, 5) is 0. The van der Waals surface area contributed by atoms with Gasteiger partial charge < -0.3 is 14.9 Å². The lowest BCUT2D eigenvalue weighted by atomic mass is 10.1. The number of benzene rings is 1. The minimum Gasteiger partial charge on any atom is -0.494 e. The Morgan fingerprint density at radius 1 is 1.38 bits per heavy atom. The van der Waals surface area contributed by atoms with Crippen LogP contribution in [0.3, 0.4) is 0 Å². The highest BCUT2D eigenvalue weighted by atomic mass is 16.5. The van der Waals surface area contributed by atoms with Crippen LogP contribution in [0.4, 0.5) is 0 Å². The van der Waals surface area contributed by atoms with Crippen LogP contribution in [0.1, 0.15) is 18.9 Å². The first-order chi connectivity index (χ1) is 7.85. The second-order valence-corrected chi connectivity index (χ2v) is 3.81. The quantitative estimate of drug-likeness (QED) is 0.841. The van der Waals surface area contributed by atoms with Gasteiger partial charge in [0.05, 0.1) is 12.9 Å². The summed E-state index contributed by atoms with van der Waals surface area (Å²) in [5, 5.41) is 1.11. The van der Waals surface area contributed by atoms with Gasteiger partial charge in [-0.1, -0.05) is 6.92 Å². The average Bonchev–Trinajstić information content (AvgIpc) is 2.70. The smallest absolute Gasteiger partial charge is 0.134 e. The summed E-state index contributed by atoms with van der Waals surface area (Å²) in [6.45, 7) is 3.47. The Kier molecular flexibility index (Phi) is 3.47. The van der Waals surface area contributed by atoms with E-state index in [4.69, 9.17) is 14.9 Å². The Morgan fingerprint density at radius 2 is 2.25 bits per heavy atom. The van der Waals surface area contributed by atoms with E-state index in [0.29, 0.717) is 6.54 Å². The van der Waals surface area contributed by atoms with Crippen molar-refractivity contribution in [3.8, 4) is 5.75 Å². The van der Waals surface area contributed by atoms with E-state index in [9.17, 15) is 0 Å². The molecule has 0 amide bonds. The molecule has 1 heterocycles. The van der Waals surface area contributed by atoms with Gasteiger partial charge in [0.2, 0.25) is 0 Å². The molecule has 0 saturated carbocycles. The highest BCUT2D eigenvalue weighted by molar-refractivity contribution is 5.82. The van der Waals surface area contributed by atoms with E-state index >= 15 is 0 Å². The molecule has 2 rings (SSSR count). The Hall–Kier alpha value is -1.48. The maximum Gasteiger partial charge on any atom is 0.134 e. The zero-order valence-corrected chi connectivity index (χ0v) is 9.53. The number of ether oxygens (including phenoxy) is 1. The van der Waals surface area contributed by atoms with Crippen LogP contribution in [-0.2, 0) is 6.42 Å². The molecular formula is C13H17NO2. The van der Waals surface area contributed by atoms with Gasteiger partial charge in [0.25, 0.3) is 0 Å². The van der Waals surface area contributed by atoms with E-state index in [1.54, 1.807) is 6.26 Å². The van der Waals surface area contributed by atoms with E-state index in [-0.39, 0.29) is 0 Å². The van der Waals surface area contributed by atoms with Gasteiger partial charge in [-0.2, -0.15) is 0 Å². The van der Waals surface area contributed by atoms with E-state index < -0.39 is 0 Å². The molecule has 0 aliphatic carbocycles. The highest BCUT2D eigenvalue weighted by Gasteiger charge is 2.06. The van der Waals surface area contributed by atoms with Gasteiger partial charge >= 0.3 is 0 Å². The number of rotatable bonds is 5. The summed E-state index contributed by atoms with van der Waals surface area (Å²) in [6.07, 6.45) is 3.63. The lowest BCUT2D eigenvalue weighted by Gasteiger charge is -2.04. The predicted octanol–water partition coefficient (Wildman–Crippen LogP) is 2.72. The fraction of sp³-hybridized carbons (Fsp3) is 0.385. The van der Waals surface area contributed by atoms with Gasteiger partial charge in [0.1, 0.15) is 11.3 Å². The molecule has 0 aliphatic rings. The van der Waals surface area contributed by atoms with Crippen molar-refractivity contribution < 1.29 is 9.15 Å². The summed E-state index contributed by atoms with van der Waals surface area (Å²) in [7, 11) is 0. The molecule has 0 bridgehead atoms. The Morgan fingerprint density at radius 3 is 3.00 bits per heavy atom. The maximum atomic E-state index is 5.59. The topological polar surface area (TPSA) is 48.4 Å². The molecule has 2 aromatic rings. The molecule has 0 spiro atoms. The van der Waals surface area contributed by atoms with Gasteiger partial charge in [-0.25, -0.2) is 0 Å². The average molecular weight is 219 g/mol. The Bertz CT molecular complexity index is 462. The summed E-state index contributed by atoms with van der Waals surface area (Å²) >= 11 is 0. The van der Waals surface area contributed by atoms with Crippen molar-refractivity contribution >= 4 is 11.0 Å². The zero-order valence-electron chi connectivity index (χ0n) is 9.53. The monoisotopic (exact) mass is 219 g/mol. The fourth-order valence-electron chi connectivity index (χ4n) is 1.72. The van der Waals surface area contributed by atoms with Crippen LogP contribution >= 0.6 is 0 Å². The molecule has 0 saturated heterocycles. The van der Waals surface area contributed by atoms with Crippen molar-refractivity contribution in [2.75, 3.05) is 13.2 Å². The SMILES string of the molecule is CCCOc1ccc2occ(CCN)c2c1. The van der Waals surface area contributed by atoms with Crippen LogP contribution in [0, 0.1) is 0 Å². The van der Waals surface area contributed by atoms with Crippen LogP contribution in [0.15, 0.2) is 28.9 Å². The fourth-order valence-corrected chi connectivity index (χ4v) is 1.72.